The second kappa shape index (κ2) is 5.10. The van der Waals surface area contributed by atoms with Gasteiger partial charge in [0.25, 0.3) is 0 Å². The maximum Gasteiger partial charge on any atom is 0.306 e. The molecule has 2 rings (SSSR count). The SMILES string of the molecule is CC1CC(C(=O)O)CCN1C(C)c1cnn(C)c1. The van der Waals surface area contributed by atoms with Gasteiger partial charge in [-0.1, -0.05) is 0 Å². The fourth-order valence-corrected chi connectivity index (χ4v) is 2.84. The fraction of sp³-hybridized carbons (Fsp3) is 0.692. The number of aliphatic carboxylic acids is 1. The van der Waals surface area contributed by atoms with Crippen molar-refractivity contribution in [1.82, 2.24) is 14.7 Å². The second-order valence-corrected chi connectivity index (χ2v) is 5.27. The molecule has 1 N–H and O–H groups in total. The zero-order chi connectivity index (χ0) is 13.3. The third-order valence-corrected chi connectivity index (χ3v) is 3.98. The molecule has 0 aliphatic carbocycles. The van der Waals surface area contributed by atoms with E-state index in [1.807, 2.05) is 19.4 Å². The number of piperidine rings is 1. The molecule has 2 heterocycles. The van der Waals surface area contributed by atoms with Gasteiger partial charge in [0.1, 0.15) is 0 Å². The number of hydrogen-bond donors (Lipinski definition) is 1. The standard InChI is InChI=1S/C13H21N3O2/c1-9-6-11(13(17)18)4-5-16(9)10(2)12-7-14-15(3)8-12/h7-11H,4-6H2,1-3H3,(H,17,18). The first-order valence-corrected chi connectivity index (χ1v) is 6.46. The highest BCUT2D eigenvalue weighted by atomic mass is 16.4. The van der Waals surface area contributed by atoms with Crippen LogP contribution < -0.4 is 0 Å². The van der Waals surface area contributed by atoms with Crippen molar-refractivity contribution in [3.8, 4) is 0 Å². The molecule has 3 unspecified atom stereocenters. The number of carboxylic acids is 1. The third kappa shape index (κ3) is 2.56. The summed E-state index contributed by atoms with van der Waals surface area (Å²) in [6.45, 7) is 5.12. The maximum atomic E-state index is 11.0. The Morgan fingerprint density at radius 3 is 2.83 bits per heavy atom. The molecule has 1 saturated heterocycles. The van der Waals surface area contributed by atoms with E-state index in [-0.39, 0.29) is 5.92 Å². The summed E-state index contributed by atoms with van der Waals surface area (Å²) >= 11 is 0. The molecule has 3 atom stereocenters. The van der Waals surface area contributed by atoms with E-state index >= 15 is 0 Å². The van der Waals surface area contributed by atoms with Gasteiger partial charge in [0.15, 0.2) is 0 Å². The van der Waals surface area contributed by atoms with Crippen LogP contribution in [0.1, 0.15) is 38.3 Å². The monoisotopic (exact) mass is 251 g/mol. The van der Waals surface area contributed by atoms with Gasteiger partial charge in [-0.05, 0) is 33.2 Å². The Morgan fingerprint density at radius 2 is 2.33 bits per heavy atom. The number of likely N-dealkylation sites (tertiary alicyclic amines) is 1. The highest BCUT2D eigenvalue weighted by Gasteiger charge is 2.32. The Kier molecular flexibility index (Phi) is 3.71. The minimum absolute atomic E-state index is 0.183. The van der Waals surface area contributed by atoms with Gasteiger partial charge in [0.05, 0.1) is 12.1 Å². The number of nitrogens with zero attached hydrogens (tertiary/aromatic N) is 3. The topological polar surface area (TPSA) is 58.4 Å². The van der Waals surface area contributed by atoms with Crippen LogP contribution in [0.15, 0.2) is 12.4 Å². The molecule has 1 aliphatic rings. The van der Waals surface area contributed by atoms with Crippen LogP contribution in [0.3, 0.4) is 0 Å². The Labute approximate surface area is 107 Å². The minimum Gasteiger partial charge on any atom is -0.481 e. The van der Waals surface area contributed by atoms with Gasteiger partial charge in [-0.3, -0.25) is 14.4 Å². The average molecular weight is 251 g/mol. The molecule has 0 amide bonds. The molecule has 18 heavy (non-hydrogen) atoms. The van der Waals surface area contributed by atoms with E-state index in [0.29, 0.717) is 12.1 Å². The van der Waals surface area contributed by atoms with Crippen LogP contribution in [-0.2, 0) is 11.8 Å². The molecule has 1 aromatic rings. The van der Waals surface area contributed by atoms with Crippen LogP contribution >= 0.6 is 0 Å². The molecule has 1 aromatic heterocycles. The third-order valence-electron chi connectivity index (χ3n) is 3.98. The number of aromatic nitrogens is 2. The summed E-state index contributed by atoms with van der Waals surface area (Å²) in [6.07, 6.45) is 5.39. The molecular weight excluding hydrogens is 230 g/mol. The predicted octanol–water partition coefficient (Wildman–Crippen LogP) is 1.67. The Hall–Kier alpha value is -1.36. The largest absolute Gasteiger partial charge is 0.481 e. The van der Waals surface area contributed by atoms with E-state index in [1.54, 1.807) is 4.68 Å². The molecule has 0 saturated carbocycles. The summed E-state index contributed by atoms with van der Waals surface area (Å²) in [6, 6.07) is 0.596. The van der Waals surface area contributed by atoms with Gasteiger partial charge in [-0.2, -0.15) is 5.10 Å². The molecular formula is C13H21N3O2. The quantitative estimate of drug-likeness (QED) is 0.887. The second-order valence-electron chi connectivity index (χ2n) is 5.27. The first kappa shape index (κ1) is 13.1. The molecule has 1 aliphatic heterocycles. The first-order chi connectivity index (χ1) is 8.49. The van der Waals surface area contributed by atoms with Crippen molar-refractivity contribution in [3.05, 3.63) is 18.0 Å². The molecule has 5 nitrogen and oxygen atoms in total. The van der Waals surface area contributed by atoms with Crippen molar-refractivity contribution in [2.24, 2.45) is 13.0 Å². The lowest BCUT2D eigenvalue weighted by Gasteiger charge is -2.39. The van der Waals surface area contributed by atoms with Crippen molar-refractivity contribution in [2.75, 3.05) is 6.54 Å². The van der Waals surface area contributed by atoms with E-state index < -0.39 is 5.97 Å². The normalized spacial score (nSPS) is 27.1. The van der Waals surface area contributed by atoms with E-state index in [4.69, 9.17) is 5.11 Å². The van der Waals surface area contributed by atoms with Crippen molar-refractivity contribution < 1.29 is 9.90 Å². The van der Waals surface area contributed by atoms with Gasteiger partial charge >= 0.3 is 5.97 Å². The highest BCUT2D eigenvalue weighted by Crippen LogP contribution is 2.30. The average Bonchev–Trinajstić information content (AvgIpc) is 2.74. The van der Waals surface area contributed by atoms with Gasteiger partial charge < -0.3 is 5.11 Å². The van der Waals surface area contributed by atoms with Gasteiger partial charge in [-0.15, -0.1) is 0 Å². The molecule has 0 bridgehead atoms. The number of rotatable bonds is 3. The number of aryl methyl sites for hydroxylation is 1. The van der Waals surface area contributed by atoms with Crippen LogP contribution in [0.5, 0.6) is 0 Å². The smallest absolute Gasteiger partial charge is 0.306 e. The summed E-state index contributed by atoms with van der Waals surface area (Å²) < 4.78 is 1.81. The number of hydrogen-bond acceptors (Lipinski definition) is 3. The number of carboxylic acid groups (broad SMARTS) is 1. The fourth-order valence-electron chi connectivity index (χ4n) is 2.84. The predicted molar refractivity (Wildman–Crippen MR) is 68.2 cm³/mol. The summed E-state index contributed by atoms with van der Waals surface area (Å²) in [5, 5.41) is 13.3. The van der Waals surface area contributed by atoms with Crippen LogP contribution in [0.25, 0.3) is 0 Å². The first-order valence-electron chi connectivity index (χ1n) is 6.46. The summed E-state index contributed by atoms with van der Waals surface area (Å²) in [7, 11) is 1.91. The Bertz CT molecular complexity index is 430. The van der Waals surface area contributed by atoms with Crippen molar-refractivity contribution in [3.63, 3.8) is 0 Å². The zero-order valence-corrected chi connectivity index (χ0v) is 11.2. The van der Waals surface area contributed by atoms with E-state index in [2.05, 4.69) is 23.8 Å². The molecule has 0 radical (unpaired) electrons. The summed E-state index contributed by atoms with van der Waals surface area (Å²) in [5.74, 6) is -0.840. The molecule has 5 heteroatoms. The van der Waals surface area contributed by atoms with Crippen LogP contribution in [0.4, 0.5) is 0 Å². The molecule has 0 aromatic carbocycles. The minimum atomic E-state index is -0.657. The molecule has 100 valence electrons. The van der Waals surface area contributed by atoms with Crippen LogP contribution in [0, 0.1) is 5.92 Å². The van der Waals surface area contributed by atoms with Crippen LogP contribution in [-0.4, -0.2) is 38.3 Å². The number of carbonyl (C=O) groups is 1. The molecule has 0 spiro atoms. The molecule has 1 fully saturated rings. The van der Waals surface area contributed by atoms with Crippen molar-refractivity contribution >= 4 is 5.97 Å². The van der Waals surface area contributed by atoms with Crippen LogP contribution in [0.2, 0.25) is 0 Å². The van der Waals surface area contributed by atoms with E-state index in [9.17, 15) is 4.79 Å². The lowest BCUT2D eigenvalue weighted by Crippen LogP contribution is -2.43. The summed E-state index contributed by atoms with van der Waals surface area (Å²) in [5.41, 5.74) is 1.19. The van der Waals surface area contributed by atoms with Crippen molar-refractivity contribution in [1.29, 1.82) is 0 Å². The Balaban J connectivity index is 2.04. The van der Waals surface area contributed by atoms with Gasteiger partial charge in [-0.25, -0.2) is 0 Å². The van der Waals surface area contributed by atoms with Gasteiger partial charge in [0, 0.05) is 30.9 Å². The highest BCUT2D eigenvalue weighted by molar-refractivity contribution is 5.70. The van der Waals surface area contributed by atoms with E-state index in [0.717, 1.165) is 19.4 Å². The lowest BCUT2D eigenvalue weighted by molar-refractivity contribution is -0.144. The lowest BCUT2D eigenvalue weighted by atomic mass is 9.90. The summed E-state index contributed by atoms with van der Waals surface area (Å²) in [4.78, 5) is 13.4. The Morgan fingerprint density at radius 1 is 1.61 bits per heavy atom. The zero-order valence-electron chi connectivity index (χ0n) is 11.2. The van der Waals surface area contributed by atoms with Crippen molar-refractivity contribution in [2.45, 2.75) is 38.8 Å². The van der Waals surface area contributed by atoms with E-state index in [1.165, 1.54) is 5.56 Å². The van der Waals surface area contributed by atoms with Gasteiger partial charge in [0.2, 0.25) is 0 Å². The maximum absolute atomic E-state index is 11.0.